The zero-order valence-corrected chi connectivity index (χ0v) is 10.8. The fourth-order valence-corrected chi connectivity index (χ4v) is 3.62. The predicted molar refractivity (Wildman–Crippen MR) is 62.8 cm³/mol. The summed E-state index contributed by atoms with van der Waals surface area (Å²) in [6.45, 7) is 3.03. The number of hydrogen-bond acceptors (Lipinski definition) is 4. The van der Waals surface area contributed by atoms with Crippen LogP contribution in [0.15, 0.2) is 0 Å². The first-order valence-corrected chi connectivity index (χ1v) is 7.26. The number of sulfone groups is 1. The number of carbonyl (C=O) groups is 2. The summed E-state index contributed by atoms with van der Waals surface area (Å²) in [7, 11) is -2.97. The van der Waals surface area contributed by atoms with Crippen LogP contribution in [0.3, 0.4) is 0 Å². The Morgan fingerprint density at radius 1 is 1.41 bits per heavy atom. The van der Waals surface area contributed by atoms with Crippen LogP contribution in [0.5, 0.6) is 0 Å². The van der Waals surface area contributed by atoms with E-state index in [2.05, 4.69) is 5.32 Å². The van der Waals surface area contributed by atoms with Gasteiger partial charge in [0.15, 0.2) is 9.84 Å². The van der Waals surface area contributed by atoms with E-state index in [1.165, 1.54) is 13.8 Å². The molecule has 17 heavy (non-hydrogen) atoms. The summed E-state index contributed by atoms with van der Waals surface area (Å²) in [5.41, 5.74) is 4.02. The van der Waals surface area contributed by atoms with Crippen molar-refractivity contribution in [3.05, 3.63) is 0 Å². The molecule has 0 bridgehead atoms. The molecule has 6 nitrogen and oxygen atoms in total. The molecule has 1 aliphatic rings. The second-order valence-corrected chi connectivity index (χ2v) is 7.24. The van der Waals surface area contributed by atoms with Crippen LogP contribution in [0.1, 0.15) is 26.7 Å². The zero-order valence-electron chi connectivity index (χ0n) is 10.0. The maximum atomic E-state index is 11.6. The first-order valence-electron chi connectivity index (χ1n) is 5.44. The maximum Gasteiger partial charge on any atom is 0.242 e. The maximum absolute atomic E-state index is 11.6. The summed E-state index contributed by atoms with van der Waals surface area (Å²) in [5.74, 6) is -0.911. The Labute approximate surface area is 101 Å². The van der Waals surface area contributed by atoms with Crippen LogP contribution in [0.25, 0.3) is 0 Å². The summed E-state index contributed by atoms with van der Waals surface area (Å²) >= 11 is 0. The van der Waals surface area contributed by atoms with Crippen molar-refractivity contribution < 1.29 is 18.0 Å². The Bertz CT molecular complexity index is 428. The van der Waals surface area contributed by atoms with E-state index in [0.717, 1.165) is 0 Å². The van der Waals surface area contributed by atoms with Crippen LogP contribution in [0.4, 0.5) is 0 Å². The monoisotopic (exact) mass is 262 g/mol. The van der Waals surface area contributed by atoms with Crippen molar-refractivity contribution in [2.24, 2.45) is 11.7 Å². The molecule has 0 aliphatic carbocycles. The van der Waals surface area contributed by atoms with Gasteiger partial charge in [0, 0.05) is 6.42 Å². The number of hydrogen-bond donors (Lipinski definition) is 2. The molecule has 3 N–H and O–H groups in total. The molecule has 1 fully saturated rings. The molecule has 0 aromatic rings. The molecule has 1 aliphatic heterocycles. The second-order valence-electron chi connectivity index (χ2n) is 5.01. The summed E-state index contributed by atoms with van der Waals surface area (Å²) in [6.07, 6.45) is 0.628. The molecule has 0 spiro atoms. The lowest BCUT2D eigenvalue weighted by Gasteiger charge is -2.22. The molecule has 7 heteroatoms. The van der Waals surface area contributed by atoms with Crippen LogP contribution < -0.4 is 11.1 Å². The molecule has 0 radical (unpaired) electrons. The molecule has 1 saturated heterocycles. The van der Waals surface area contributed by atoms with Crippen LogP contribution in [-0.2, 0) is 19.4 Å². The molecule has 1 atom stereocenters. The number of amides is 2. The van der Waals surface area contributed by atoms with Gasteiger partial charge in [-0.2, -0.15) is 0 Å². The van der Waals surface area contributed by atoms with Gasteiger partial charge in [0.1, 0.15) is 5.54 Å². The minimum absolute atomic E-state index is 0.0530. The van der Waals surface area contributed by atoms with Gasteiger partial charge in [0.25, 0.3) is 0 Å². The Balaban J connectivity index is 2.49. The Morgan fingerprint density at radius 2 is 2.00 bits per heavy atom. The Kier molecular flexibility index (Phi) is 3.81. The normalized spacial score (nSPS) is 23.3. The highest BCUT2D eigenvalue weighted by molar-refractivity contribution is 7.91. The van der Waals surface area contributed by atoms with E-state index < -0.39 is 21.3 Å². The van der Waals surface area contributed by atoms with Crippen molar-refractivity contribution in [3.63, 3.8) is 0 Å². The quantitative estimate of drug-likeness (QED) is 0.691. The number of carbonyl (C=O) groups excluding carboxylic acids is 2. The third kappa shape index (κ3) is 3.99. The fourth-order valence-electron chi connectivity index (χ4n) is 1.76. The van der Waals surface area contributed by atoms with Crippen LogP contribution in [0, 0.1) is 5.92 Å². The van der Waals surface area contributed by atoms with Crippen molar-refractivity contribution in [2.45, 2.75) is 32.2 Å². The third-order valence-electron chi connectivity index (χ3n) is 2.87. The molecule has 98 valence electrons. The Hall–Kier alpha value is -1.11. The predicted octanol–water partition coefficient (Wildman–Crippen LogP) is -0.809. The van der Waals surface area contributed by atoms with Gasteiger partial charge in [-0.3, -0.25) is 9.59 Å². The molecule has 0 saturated carbocycles. The molecule has 1 rings (SSSR count). The SMILES string of the molecule is CC(C)(NC(=O)CC1CCS(=O)(=O)C1)C(N)=O. The zero-order chi connectivity index (χ0) is 13.3. The molecular formula is C10H18N2O4S. The van der Waals surface area contributed by atoms with Crippen molar-refractivity contribution in [2.75, 3.05) is 11.5 Å². The average Bonchev–Trinajstić information content (AvgIpc) is 2.43. The molecule has 2 amide bonds. The molecule has 0 aromatic heterocycles. The summed E-state index contributed by atoms with van der Waals surface area (Å²) in [6, 6.07) is 0. The summed E-state index contributed by atoms with van der Waals surface area (Å²) < 4.78 is 22.4. The van der Waals surface area contributed by atoms with E-state index >= 15 is 0 Å². The highest BCUT2D eigenvalue weighted by atomic mass is 32.2. The molecule has 0 aromatic carbocycles. The number of rotatable bonds is 4. The molecular weight excluding hydrogens is 244 g/mol. The van der Waals surface area contributed by atoms with Crippen LogP contribution in [-0.4, -0.2) is 37.3 Å². The number of nitrogens with two attached hydrogens (primary N) is 1. The molecule has 1 heterocycles. The first-order chi connectivity index (χ1) is 7.62. The highest BCUT2D eigenvalue weighted by Crippen LogP contribution is 2.21. The van der Waals surface area contributed by atoms with Gasteiger partial charge < -0.3 is 11.1 Å². The first kappa shape index (κ1) is 14.0. The standard InChI is InChI=1S/C10H18N2O4S/c1-10(2,9(11)14)12-8(13)5-7-3-4-17(15,16)6-7/h7H,3-6H2,1-2H3,(H2,11,14)(H,12,13). The van der Waals surface area contributed by atoms with E-state index in [1.54, 1.807) is 0 Å². The average molecular weight is 262 g/mol. The lowest BCUT2D eigenvalue weighted by atomic mass is 10.0. The van der Waals surface area contributed by atoms with E-state index in [0.29, 0.717) is 6.42 Å². The van der Waals surface area contributed by atoms with Gasteiger partial charge in [-0.1, -0.05) is 0 Å². The van der Waals surface area contributed by atoms with E-state index in [9.17, 15) is 18.0 Å². The number of nitrogens with one attached hydrogen (secondary N) is 1. The van der Waals surface area contributed by atoms with Crippen molar-refractivity contribution in [1.82, 2.24) is 5.32 Å². The summed E-state index contributed by atoms with van der Waals surface area (Å²) in [5, 5.41) is 2.50. The Morgan fingerprint density at radius 3 is 2.41 bits per heavy atom. The lowest BCUT2D eigenvalue weighted by Crippen LogP contribution is -2.53. The minimum Gasteiger partial charge on any atom is -0.368 e. The summed E-state index contributed by atoms with van der Waals surface area (Å²) in [4.78, 5) is 22.6. The van der Waals surface area contributed by atoms with Gasteiger partial charge in [-0.25, -0.2) is 8.42 Å². The van der Waals surface area contributed by atoms with E-state index in [1.807, 2.05) is 0 Å². The smallest absolute Gasteiger partial charge is 0.242 e. The minimum atomic E-state index is -2.97. The van der Waals surface area contributed by atoms with Gasteiger partial charge in [0.2, 0.25) is 11.8 Å². The highest BCUT2D eigenvalue weighted by Gasteiger charge is 2.32. The largest absolute Gasteiger partial charge is 0.368 e. The molecule has 1 unspecified atom stereocenters. The van der Waals surface area contributed by atoms with E-state index in [-0.39, 0.29) is 29.8 Å². The van der Waals surface area contributed by atoms with Gasteiger partial charge in [-0.15, -0.1) is 0 Å². The number of primary amides is 1. The van der Waals surface area contributed by atoms with E-state index in [4.69, 9.17) is 5.73 Å². The third-order valence-corrected chi connectivity index (χ3v) is 4.71. The van der Waals surface area contributed by atoms with Gasteiger partial charge >= 0.3 is 0 Å². The van der Waals surface area contributed by atoms with Crippen molar-refractivity contribution in [3.8, 4) is 0 Å². The van der Waals surface area contributed by atoms with Crippen LogP contribution in [0.2, 0.25) is 0 Å². The van der Waals surface area contributed by atoms with Gasteiger partial charge in [0.05, 0.1) is 11.5 Å². The van der Waals surface area contributed by atoms with Gasteiger partial charge in [-0.05, 0) is 26.2 Å². The fraction of sp³-hybridized carbons (Fsp3) is 0.800. The second kappa shape index (κ2) is 4.64. The lowest BCUT2D eigenvalue weighted by molar-refractivity contribution is -0.130. The van der Waals surface area contributed by atoms with Crippen molar-refractivity contribution >= 4 is 21.7 Å². The van der Waals surface area contributed by atoms with Crippen LogP contribution >= 0.6 is 0 Å². The topological polar surface area (TPSA) is 106 Å². The van der Waals surface area contributed by atoms with Crippen molar-refractivity contribution in [1.29, 1.82) is 0 Å².